The third kappa shape index (κ3) is 2.61. The minimum absolute atomic E-state index is 0. The average Bonchev–Trinajstić information content (AvgIpc) is 2.58. The zero-order chi connectivity index (χ0) is 11.2. The van der Waals surface area contributed by atoms with E-state index in [4.69, 9.17) is 10.5 Å². The van der Waals surface area contributed by atoms with Gasteiger partial charge in [0.25, 0.3) is 0 Å². The lowest BCUT2D eigenvalue weighted by atomic mass is 10.1. The number of amides is 1. The number of carbonyl (C=O) groups excluding carboxylic acids is 1. The lowest BCUT2D eigenvalue weighted by Gasteiger charge is -2.33. The van der Waals surface area contributed by atoms with E-state index in [0.29, 0.717) is 5.92 Å². The summed E-state index contributed by atoms with van der Waals surface area (Å²) in [6.07, 6.45) is 1.91. The van der Waals surface area contributed by atoms with Crippen LogP contribution in [0.5, 0.6) is 0 Å². The van der Waals surface area contributed by atoms with Gasteiger partial charge in [0.05, 0.1) is 6.04 Å². The zero-order valence-electron chi connectivity index (χ0n) is 10.1. The smallest absolute Gasteiger partial charge is 0.410 e. The summed E-state index contributed by atoms with van der Waals surface area (Å²) in [4.78, 5) is 13.7. The summed E-state index contributed by atoms with van der Waals surface area (Å²) >= 11 is 0. The molecule has 2 aliphatic rings. The third-order valence-electron chi connectivity index (χ3n) is 3.16. The van der Waals surface area contributed by atoms with Gasteiger partial charge < -0.3 is 15.4 Å². The Hall–Kier alpha value is -0.480. The normalized spacial score (nSPS) is 32.5. The predicted octanol–water partition coefficient (Wildman–Crippen LogP) is 1.76. The minimum atomic E-state index is -0.414. The summed E-state index contributed by atoms with van der Waals surface area (Å²) in [7, 11) is 0. The van der Waals surface area contributed by atoms with Crippen LogP contribution in [0.15, 0.2) is 0 Å². The van der Waals surface area contributed by atoms with E-state index in [1.807, 2.05) is 25.7 Å². The molecule has 5 heteroatoms. The van der Waals surface area contributed by atoms with E-state index < -0.39 is 5.60 Å². The van der Waals surface area contributed by atoms with Crippen LogP contribution in [0.25, 0.3) is 0 Å². The van der Waals surface area contributed by atoms with Crippen LogP contribution in [0.4, 0.5) is 4.79 Å². The summed E-state index contributed by atoms with van der Waals surface area (Å²) in [5, 5.41) is 0. The van der Waals surface area contributed by atoms with Crippen molar-refractivity contribution >= 4 is 18.5 Å². The quantitative estimate of drug-likeness (QED) is 0.711. The summed E-state index contributed by atoms with van der Waals surface area (Å²) in [5.74, 6) is 0.595. The Labute approximate surface area is 103 Å². The number of piperidine rings is 1. The highest BCUT2D eigenvalue weighted by atomic mass is 35.5. The molecule has 0 radical (unpaired) electrons. The molecule has 0 aromatic heterocycles. The minimum Gasteiger partial charge on any atom is -0.444 e. The number of fused-ring (bicyclic) bond motifs is 2. The largest absolute Gasteiger partial charge is 0.444 e. The highest BCUT2D eigenvalue weighted by Crippen LogP contribution is 2.37. The molecular formula is C11H21ClN2O2. The second-order valence-corrected chi connectivity index (χ2v) is 5.70. The SMILES string of the molecule is CC(C)(C)OC(=O)N1C[C@H]2CC(N)[C@@H]1C2.Cl. The molecule has 3 atom stereocenters. The maximum Gasteiger partial charge on any atom is 0.410 e. The van der Waals surface area contributed by atoms with Gasteiger partial charge in [-0.25, -0.2) is 4.79 Å². The van der Waals surface area contributed by atoms with Crippen molar-refractivity contribution in [3.8, 4) is 0 Å². The molecule has 1 saturated heterocycles. The Morgan fingerprint density at radius 3 is 2.44 bits per heavy atom. The van der Waals surface area contributed by atoms with E-state index in [-0.39, 0.29) is 30.6 Å². The summed E-state index contributed by atoms with van der Waals surface area (Å²) in [6.45, 7) is 6.49. The molecule has 2 bridgehead atoms. The first kappa shape index (κ1) is 13.6. The van der Waals surface area contributed by atoms with Crippen LogP contribution >= 0.6 is 12.4 Å². The van der Waals surface area contributed by atoms with Crippen molar-refractivity contribution in [3.05, 3.63) is 0 Å². The third-order valence-corrected chi connectivity index (χ3v) is 3.16. The van der Waals surface area contributed by atoms with E-state index in [2.05, 4.69) is 0 Å². The molecule has 1 aliphatic carbocycles. The second-order valence-electron chi connectivity index (χ2n) is 5.70. The van der Waals surface area contributed by atoms with E-state index in [0.717, 1.165) is 19.4 Å². The van der Waals surface area contributed by atoms with E-state index in [1.54, 1.807) is 0 Å². The van der Waals surface area contributed by atoms with E-state index in [1.165, 1.54) is 0 Å². The van der Waals surface area contributed by atoms with Crippen LogP contribution in [0.3, 0.4) is 0 Å². The molecule has 2 rings (SSSR count). The molecule has 1 unspecified atom stereocenters. The molecule has 1 heterocycles. The number of hydrogen-bond acceptors (Lipinski definition) is 3. The van der Waals surface area contributed by atoms with Gasteiger partial charge >= 0.3 is 6.09 Å². The zero-order valence-corrected chi connectivity index (χ0v) is 10.9. The van der Waals surface area contributed by atoms with Gasteiger partial charge in [0.15, 0.2) is 0 Å². The Bertz CT molecular complexity index is 278. The topological polar surface area (TPSA) is 55.6 Å². The molecule has 2 N–H and O–H groups in total. The number of nitrogens with zero attached hydrogens (tertiary/aromatic N) is 1. The van der Waals surface area contributed by atoms with Crippen LogP contribution in [0, 0.1) is 5.92 Å². The first-order valence-electron chi connectivity index (χ1n) is 5.62. The van der Waals surface area contributed by atoms with Gasteiger partial charge in [-0.05, 0) is 39.5 Å². The maximum absolute atomic E-state index is 11.8. The summed E-state index contributed by atoms with van der Waals surface area (Å²) in [5.41, 5.74) is 5.55. The molecule has 0 aromatic rings. The van der Waals surface area contributed by atoms with Crippen molar-refractivity contribution in [2.24, 2.45) is 11.7 Å². The second kappa shape index (κ2) is 4.41. The van der Waals surface area contributed by atoms with Crippen molar-refractivity contribution in [1.82, 2.24) is 4.90 Å². The summed E-state index contributed by atoms with van der Waals surface area (Å²) < 4.78 is 5.35. The van der Waals surface area contributed by atoms with Crippen molar-refractivity contribution in [2.45, 2.75) is 51.3 Å². The van der Waals surface area contributed by atoms with Gasteiger partial charge in [0.1, 0.15) is 5.60 Å². The molecule has 2 fully saturated rings. The molecule has 4 nitrogen and oxygen atoms in total. The van der Waals surface area contributed by atoms with Crippen LogP contribution in [0.2, 0.25) is 0 Å². The Kier molecular flexibility index (Phi) is 3.75. The van der Waals surface area contributed by atoms with Crippen molar-refractivity contribution in [3.63, 3.8) is 0 Å². The number of rotatable bonds is 0. The van der Waals surface area contributed by atoms with Crippen LogP contribution in [0.1, 0.15) is 33.6 Å². The molecule has 1 saturated carbocycles. The summed E-state index contributed by atoms with van der Waals surface area (Å²) in [6, 6.07) is 0.362. The maximum atomic E-state index is 11.8. The molecule has 1 aliphatic heterocycles. The molecule has 0 spiro atoms. The van der Waals surface area contributed by atoms with Gasteiger partial charge in [-0.3, -0.25) is 0 Å². The fourth-order valence-electron chi connectivity index (χ4n) is 2.61. The van der Waals surface area contributed by atoms with Gasteiger partial charge in [0.2, 0.25) is 0 Å². The Morgan fingerprint density at radius 2 is 2.00 bits per heavy atom. The van der Waals surface area contributed by atoms with E-state index >= 15 is 0 Å². The fraction of sp³-hybridized carbons (Fsp3) is 0.909. The monoisotopic (exact) mass is 248 g/mol. The highest BCUT2D eigenvalue weighted by Gasteiger charge is 2.46. The lowest BCUT2D eigenvalue weighted by molar-refractivity contribution is 0.0172. The predicted molar refractivity (Wildman–Crippen MR) is 64.7 cm³/mol. The highest BCUT2D eigenvalue weighted by molar-refractivity contribution is 5.85. The number of nitrogens with two attached hydrogens (primary N) is 1. The number of ether oxygens (including phenoxy) is 1. The van der Waals surface area contributed by atoms with Crippen LogP contribution in [-0.4, -0.2) is 35.2 Å². The standard InChI is InChI=1S/C11H20N2O2.ClH/c1-11(2,3)15-10(14)13-6-7-4-8(12)9(13)5-7;/h7-9H,4-6,12H2,1-3H3;1H/t7-,8?,9-;/m0./s1. The van der Waals surface area contributed by atoms with Crippen molar-refractivity contribution in [1.29, 1.82) is 0 Å². The molecule has 1 amide bonds. The molecular weight excluding hydrogens is 228 g/mol. The van der Waals surface area contributed by atoms with Gasteiger partial charge in [0, 0.05) is 12.6 Å². The molecule has 16 heavy (non-hydrogen) atoms. The Morgan fingerprint density at radius 1 is 1.38 bits per heavy atom. The number of likely N-dealkylation sites (tertiary alicyclic amines) is 1. The number of halogens is 1. The van der Waals surface area contributed by atoms with Gasteiger partial charge in [-0.2, -0.15) is 0 Å². The molecule has 0 aromatic carbocycles. The fourth-order valence-corrected chi connectivity index (χ4v) is 2.61. The van der Waals surface area contributed by atoms with Crippen LogP contribution < -0.4 is 5.73 Å². The first-order chi connectivity index (χ1) is 6.87. The van der Waals surface area contributed by atoms with Crippen molar-refractivity contribution < 1.29 is 9.53 Å². The Balaban J connectivity index is 0.00000128. The van der Waals surface area contributed by atoms with Gasteiger partial charge in [-0.1, -0.05) is 0 Å². The van der Waals surface area contributed by atoms with Crippen LogP contribution in [-0.2, 0) is 4.74 Å². The van der Waals surface area contributed by atoms with Gasteiger partial charge in [-0.15, -0.1) is 12.4 Å². The first-order valence-corrected chi connectivity index (χ1v) is 5.62. The molecule has 94 valence electrons. The number of carbonyl (C=O) groups is 1. The number of hydrogen-bond donors (Lipinski definition) is 1. The van der Waals surface area contributed by atoms with Crippen molar-refractivity contribution in [2.75, 3.05) is 6.54 Å². The average molecular weight is 249 g/mol. The van der Waals surface area contributed by atoms with E-state index in [9.17, 15) is 4.79 Å². The lowest BCUT2D eigenvalue weighted by Crippen LogP contribution is -2.49.